The van der Waals surface area contributed by atoms with Crippen molar-refractivity contribution in [3.63, 3.8) is 0 Å². The maximum absolute atomic E-state index is 14.6. The molecule has 12 aromatic rings. The number of hydrogen-bond acceptors (Lipinski definition) is 13. The van der Waals surface area contributed by atoms with Gasteiger partial charge in [0.05, 0.1) is 78.8 Å². The average Bonchev–Trinajstić information content (AvgIpc) is 1.35. The van der Waals surface area contributed by atoms with Crippen molar-refractivity contribution in [2.75, 3.05) is 66.2 Å². The zero-order valence-corrected chi connectivity index (χ0v) is 80.7. The van der Waals surface area contributed by atoms with Crippen LogP contribution in [0, 0.1) is 34.6 Å². The molecule has 0 bridgehead atoms. The quantitative estimate of drug-likeness (QED) is 0.0340. The topological polar surface area (TPSA) is 245 Å². The van der Waals surface area contributed by atoms with Crippen LogP contribution in [-0.2, 0) is 38.9 Å². The summed E-state index contributed by atoms with van der Waals surface area (Å²) in [5.41, 5.74) is 21.1. The number of halogens is 1. The summed E-state index contributed by atoms with van der Waals surface area (Å²) in [5, 5.41) is 46.1. The van der Waals surface area contributed by atoms with E-state index in [2.05, 4.69) is 91.8 Å². The van der Waals surface area contributed by atoms with Crippen molar-refractivity contribution in [3.8, 4) is 56.2 Å². The predicted octanol–water partition coefficient (Wildman–Crippen LogP) is 20.6. The number of carbonyl (C=O) groups excluding carboxylic acids is 6. The monoisotopic (exact) mass is 1830 g/mol. The number of carbonyl (C=O) groups is 6. The van der Waals surface area contributed by atoms with Crippen molar-refractivity contribution in [2.45, 2.75) is 210 Å². The minimum absolute atomic E-state index is 0.0774. The molecule has 3 atom stereocenters. The standard InChI is InChI=1S/C38H46N4O3.C37H44N4O4.C36H41ClN4O3/c1-6-8-18-40(19-9-7-2)38(45)35-21-28(5)42(39-35)36-17-16-31(30-15-14-26(3)27(4)20-30)23-34(36)37(44)41-24-32-13-11-10-12-29(32)22-33(41)25-43;1-5-7-18-39(19-8-6-2)37(44)34-20-26(3)41(38-34)35-17-16-29(28-14-11-15-32(22-28)45-4)23-33(35)36(43)40-24-30-13-10-9-12-27(30)21-31(40)25-42;1-4-6-17-39(18-7-5-2)36(44)33-19-25(3)41(38-33)34-16-15-28(26-13-10-14-30(37)20-26)22-32(34)35(43)40-23-29-12-9-8-11-27(29)21-31(40)24-42/h10-17,20-21,23,33,43H,6-9,18-19,22,24-25H2,1-5H3;9-17,20,22-23,31,42H,5-8,18-19,21,24-25H2,1-4H3;8-16,19-20,22,31,42H,4-7,17-18,21,23-24H2,1-3H3/t33-;2*31-/m000/s1. The van der Waals surface area contributed by atoms with Gasteiger partial charge < -0.3 is 49.5 Å². The Kier molecular flexibility index (Phi) is 34.6. The lowest BCUT2D eigenvalue weighted by Gasteiger charge is -2.36. The SMILES string of the molecule is CCCCN(CCCC)C(=O)c1cc(C)n(-c2ccc(-c3ccc(C)c(C)c3)cc2C(=O)N2Cc3ccccc3C[C@H]2CO)n1.CCCCN(CCCC)C(=O)c1cc(C)n(-c2ccc(-c3cccc(Cl)c3)cc2C(=O)N2Cc3ccccc3C[C@H]2CO)n1.CCCCN(CCCC)C(=O)c1cc(C)n(-c2ccc(-c3cccc(OC)c3)cc2C(=O)N2Cc3ccccc3C[C@H]2CO)n1. The van der Waals surface area contributed by atoms with Crippen LogP contribution in [0.2, 0.25) is 5.02 Å². The van der Waals surface area contributed by atoms with Crippen LogP contribution in [0.5, 0.6) is 5.75 Å². The normalized spacial score (nSPS) is 14.3. The lowest BCUT2D eigenvalue weighted by molar-refractivity contribution is 0.0539. The Morgan fingerprint density at radius 1 is 0.343 bits per heavy atom. The minimum atomic E-state index is -0.360. The molecule has 3 aromatic heterocycles. The van der Waals surface area contributed by atoms with E-state index >= 15 is 0 Å². The number of aliphatic hydroxyl groups excluding tert-OH is 3. The molecule has 0 fully saturated rings. The third-order valence-corrected chi connectivity index (χ3v) is 26.4. The van der Waals surface area contributed by atoms with Gasteiger partial charge in [-0.1, -0.05) is 225 Å². The van der Waals surface area contributed by atoms with Crippen molar-refractivity contribution in [3.05, 3.63) is 313 Å². The van der Waals surface area contributed by atoms with E-state index in [4.69, 9.17) is 31.6 Å². The first-order valence-electron chi connectivity index (χ1n) is 47.9. The molecule has 15 rings (SSSR count). The van der Waals surface area contributed by atoms with E-state index in [-0.39, 0.29) is 73.4 Å². The number of rotatable bonds is 34. The first-order valence-corrected chi connectivity index (χ1v) is 48.3. The summed E-state index contributed by atoms with van der Waals surface area (Å²) in [6.45, 7) is 27.6. The summed E-state index contributed by atoms with van der Waals surface area (Å²) in [6, 6.07) is 67.5. The molecule has 0 unspecified atom stereocenters. The van der Waals surface area contributed by atoms with Crippen molar-refractivity contribution >= 4 is 47.0 Å². The molecular weight excluding hydrogens is 1700 g/mol. The summed E-state index contributed by atoms with van der Waals surface area (Å²) < 4.78 is 10.6. The fourth-order valence-corrected chi connectivity index (χ4v) is 18.2. The fraction of sp³-hybridized carbons (Fsp3) is 0.378. The molecule has 702 valence electrons. The van der Waals surface area contributed by atoms with Crippen LogP contribution >= 0.6 is 11.6 Å². The number of nitrogens with zero attached hydrogens (tertiary/aromatic N) is 12. The fourth-order valence-electron chi connectivity index (χ4n) is 18.0. The highest BCUT2D eigenvalue weighted by Crippen LogP contribution is 2.38. The van der Waals surface area contributed by atoms with E-state index in [1.165, 1.54) is 11.1 Å². The summed E-state index contributed by atoms with van der Waals surface area (Å²) in [6.07, 6.45) is 13.4. The molecule has 6 amide bonds. The zero-order valence-electron chi connectivity index (χ0n) is 80.0. The third-order valence-electron chi connectivity index (χ3n) is 26.1. The number of aromatic nitrogens is 6. The van der Waals surface area contributed by atoms with Gasteiger partial charge in [0.1, 0.15) is 5.75 Å². The van der Waals surface area contributed by atoms with E-state index in [0.29, 0.717) is 134 Å². The van der Waals surface area contributed by atoms with Gasteiger partial charge in [-0.05, 0) is 249 Å². The van der Waals surface area contributed by atoms with Gasteiger partial charge in [-0.2, -0.15) is 15.3 Å². The van der Waals surface area contributed by atoms with Crippen LogP contribution in [0.1, 0.15) is 243 Å². The molecule has 134 heavy (non-hydrogen) atoms. The Morgan fingerprint density at radius 3 is 0.933 bits per heavy atom. The van der Waals surface area contributed by atoms with Gasteiger partial charge in [0.15, 0.2) is 17.1 Å². The second-order valence-corrected chi connectivity index (χ2v) is 36.1. The van der Waals surface area contributed by atoms with Crippen molar-refractivity contribution < 1.29 is 48.8 Å². The molecule has 3 N–H and O–H groups in total. The molecule has 0 saturated heterocycles. The summed E-state index contributed by atoms with van der Waals surface area (Å²) in [7, 11) is 1.63. The smallest absolute Gasteiger partial charge is 0.274 e. The lowest BCUT2D eigenvalue weighted by atomic mass is 9.93. The van der Waals surface area contributed by atoms with Gasteiger partial charge in [0.2, 0.25) is 0 Å². The third kappa shape index (κ3) is 23.2. The molecule has 0 spiro atoms. The van der Waals surface area contributed by atoms with E-state index < -0.39 is 0 Å². The molecule has 0 saturated carbocycles. The number of aliphatic hydroxyl groups is 3. The number of unbranched alkanes of at least 4 members (excludes halogenated alkanes) is 6. The minimum Gasteiger partial charge on any atom is -0.497 e. The second kappa shape index (κ2) is 46.9. The highest BCUT2D eigenvalue weighted by Gasteiger charge is 2.37. The average molecular weight is 1830 g/mol. The van der Waals surface area contributed by atoms with Crippen LogP contribution in [0.3, 0.4) is 0 Å². The Bertz CT molecular complexity index is 6090. The highest BCUT2D eigenvalue weighted by molar-refractivity contribution is 6.30. The Hall–Kier alpha value is -12.6. The largest absolute Gasteiger partial charge is 0.497 e. The maximum Gasteiger partial charge on any atom is 0.274 e. The molecule has 3 aliphatic heterocycles. The van der Waals surface area contributed by atoms with Gasteiger partial charge in [-0.15, -0.1) is 0 Å². The molecule has 22 nitrogen and oxygen atoms in total. The van der Waals surface area contributed by atoms with Crippen LogP contribution in [0.15, 0.2) is 212 Å². The van der Waals surface area contributed by atoms with Gasteiger partial charge >= 0.3 is 0 Å². The molecule has 0 radical (unpaired) electrons. The van der Waals surface area contributed by atoms with Gasteiger partial charge in [0.25, 0.3) is 35.4 Å². The van der Waals surface area contributed by atoms with Crippen molar-refractivity contribution in [1.82, 2.24) is 58.7 Å². The maximum atomic E-state index is 14.6. The van der Waals surface area contributed by atoms with Crippen LogP contribution in [0.4, 0.5) is 0 Å². The van der Waals surface area contributed by atoms with E-state index in [0.717, 1.165) is 167 Å². The molecule has 3 aliphatic rings. The van der Waals surface area contributed by atoms with E-state index in [1.807, 2.05) is 205 Å². The predicted molar refractivity (Wildman–Crippen MR) is 532 cm³/mol. The Labute approximate surface area is 795 Å². The number of benzene rings is 9. The first kappa shape index (κ1) is 98.9. The number of amides is 6. The van der Waals surface area contributed by atoms with Crippen molar-refractivity contribution in [2.24, 2.45) is 0 Å². The first-order chi connectivity index (χ1) is 65.0. The Morgan fingerprint density at radius 2 is 0.634 bits per heavy atom. The number of methoxy groups -OCH3 is 1. The van der Waals surface area contributed by atoms with Gasteiger partial charge in [0, 0.05) is 81.0 Å². The van der Waals surface area contributed by atoms with Crippen LogP contribution in [-0.4, -0.2) is 194 Å². The Balaban J connectivity index is 0.000000170. The van der Waals surface area contributed by atoms with E-state index in [9.17, 15) is 44.1 Å². The number of ether oxygens (including phenoxy) is 1. The summed E-state index contributed by atoms with van der Waals surface area (Å²) >= 11 is 6.32. The zero-order chi connectivity index (χ0) is 95.2. The molecule has 23 heteroatoms. The molecule has 9 aromatic carbocycles. The number of hydrogen-bond donors (Lipinski definition) is 3. The van der Waals surface area contributed by atoms with E-state index in [1.54, 1.807) is 41.9 Å². The van der Waals surface area contributed by atoms with Crippen LogP contribution < -0.4 is 4.74 Å². The second-order valence-electron chi connectivity index (χ2n) is 35.7. The lowest BCUT2D eigenvalue weighted by Crippen LogP contribution is -2.46. The van der Waals surface area contributed by atoms with Crippen LogP contribution in [0.25, 0.3) is 50.4 Å². The van der Waals surface area contributed by atoms with Crippen molar-refractivity contribution in [1.29, 1.82) is 0 Å². The number of fused-ring (bicyclic) bond motifs is 3. The molecule has 0 aliphatic carbocycles. The molecule has 6 heterocycles. The summed E-state index contributed by atoms with van der Waals surface area (Å²) in [5.74, 6) is -0.103. The highest BCUT2D eigenvalue weighted by atomic mass is 35.5. The van der Waals surface area contributed by atoms with Gasteiger partial charge in [-0.3, -0.25) is 28.8 Å². The van der Waals surface area contributed by atoms with Gasteiger partial charge in [-0.25, -0.2) is 14.0 Å². The molecular formula is C111H131ClN12O10. The summed E-state index contributed by atoms with van der Waals surface area (Å²) in [4.78, 5) is 95.6. The number of aryl methyl sites for hydroxylation is 5.